The molecule has 0 aliphatic rings. The zero-order chi connectivity index (χ0) is 18.4. The van der Waals surface area contributed by atoms with Crippen molar-refractivity contribution in [2.75, 3.05) is 11.9 Å². The molecule has 0 radical (unpaired) electrons. The Hall–Kier alpha value is -2.76. The van der Waals surface area contributed by atoms with Crippen LogP contribution in [0.2, 0.25) is 0 Å². The van der Waals surface area contributed by atoms with Crippen LogP contribution in [0.4, 0.5) is 18.9 Å². The smallest absolute Gasteiger partial charge is 0.416 e. The van der Waals surface area contributed by atoms with Gasteiger partial charge in [0.05, 0.1) is 23.8 Å². The molecule has 2 rings (SSSR count). The molecule has 0 bridgehead atoms. The second-order valence-electron chi connectivity index (χ2n) is 5.31. The SMILES string of the molecule is C=C(C(=O)OCC)[C@H](Nc1ccccc1)c1ccc(C(F)(F)F)cc1. The Morgan fingerprint density at radius 3 is 2.24 bits per heavy atom. The van der Waals surface area contributed by atoms with Crippen LogP contribution in [0.1, 0.15) is 24.1 Å². The lowest BCUT2D eigenvalue weighted by Gasteiger charge is -2.22. The van der Waals surface area contributed by atoms with Gasteiger partial charge in [0.15, 0.2) is 0 Å². The molecule has 0 amide bonds. The van der Waals surface area contributed by atoms with Gasteiger partial charge in [-0.1, -0.05) is 36.9 Å². The summed E-state index contributed by atoms with van der Waals surface area (Å²) in [5, 5.41) is 3.11. The zero-order valence-electron chi connectivity index (χ0n) is 13.6. The third kappa shape index (κ3) is 4.86. The van der Waals surface area contributed by atoms with Gasteiger partial charge < -0.3 is 10.1 Å². The first-order chi connectivity index (χ1) is 11.8. The number of esters is 1. The Labute approximate surface area is 144 Å². The molecular formula is C19H18F3NO2. The summed E-state index contributed by atoms with van der Waals surface area (Å²) in [6.45, 7) is 5.61. The minimum atomic E-state index is -4.42. The number of halogens is 3. The molecular weight excluding hydrogens is 331 g/mol. The zero-order valence-corrected chi connectivity index (χ0v) is 13.6. The molecule has 25 heavy (non-hydrogen) atoms. The Bertz CT molecular complexity index is 725. The number of nitrogens with one attached hydrogen (secondary N) is 1. The summed E-state index contributed by atoms with van der Waals surface area (Å²) < 4.78 is 43.2. The predicted octanol–water partition coefficient (Wildman–Crippen LogP) is 4.98. The van der Waals surface area contributed by atoms with Gasteiger partial charge in [-0.2, -0.15) is 13.2 Å². The molecule has 0 unspecified atom stereocenters. The molecule has 0 heterocycles. The number of hydrogen-bond donors (Lipinski definition) is 1. The lowest BCUT2D eigenvalue weighted by Crippen LogP contribution is -2.20. The normalized spacial score (nSPS) is 12.3. The number of anilines is 1. The molecule has 0 fully saturated rings. The molecule has 0 aliphatic heterocycles. The van der Waals surface area contributed by atoms with Crippen LogP contribution < -0.4 is 5.32 Å². The van der Waals surface area contributed by atoms with E-state index >= 15 is 0 Å². The van der Waals surface area contributed by atoms with E-state index < -0.39 is 23.8 Å². The minimum absolute atomic E-state index is 0.116. The molecule has 0 saturated heterocycles. The van der Waals surface area contributed by atoms with Crippen LogP contribution in [0.25, 0.3) is 0 Å². The van der Waals surface area contributed by atoms with Crippen LogP contribution in [0.5, 0.6) is 0 Å². The largest absolute Gasteiger partial charge is 0.463 e. The van der Waals surface area contributed by atoms with E-state index in [1.807, 2.05) is 6.07 Å². The fourth-order valence-corrected chi connectivity index (χ4v) is 2.28. The van der Waals surface area contributed by atoms with Crippen molar-refractivity contribution in [2.45, 2.75) is 19.1 Å². The quantitative estimate of drug-likeness (QED) is 0.591. The number of rotatable bonds is 6. The van der Waals surface area contributed by atoms with Gasteiger partial charge in [0.25, 0.3) is 0 Å². The highest BCUT2D eigenvalue weighted by Gasteiger charge is 2.31. The summed E-state index contributed by atoms with van der Waals surface area (Å²) in [6, 6.07) is 12.9. The fraction of sp³-hybridized carbons (Fsp3) is 0.211. The summed E-state index contributed by atoms with van der Waals surface area (Å²) in [6.07, 6.45) is -4.42. The summed E-state index contributed by atoms with van der Waals surface area (Å²) >= 11 is 0. The first-order valence-corrected chi connectivity index (χ1v) is 7.67. The molecule has 0 spiro atoms. The second kappa shape index (κ2) is 7.88. The molecule has 0 aromatic heterocycles. The van der Waals surface area contributed by atoms with E-state index in [2.05, 4.69) is 11.9 Å². The number of carbonyl (C=O) groups excluding carboxylic acids is 1. The van der Waals surface area contributed by atoms with Gasteiger partial charge in [-0.25, -0.2) is 4.79 Å². The van der Waals surface area contributed by atoms with Crippen molar-refractivity contribution >= 4 is 11.7 Å². The average Bonchev–Trinajstić information content (AvgIpc) is 2.59. The number of para-hydroxylation sites is 1. The minimum Gasteiger partial charge on any atom is -0.463 e. The third-order valence-corrected chi connectivity index (χ3v) is 3.54. The third-order valence-electron chi connectivity index (χ3n) is 3.54. The molecule has 132 valence electrons. The van der Waals surface area contributed by atoms with Gasteiger partial charge in [0.1, 0.15) is 0 Å². The van der Waals surface area contributed by atoms with Gasteiger partial charge in [-0.3, -0.25) is 0 Å². The topological polar surface area (TPSA) is 38.3 Å². The van der Waals surface area contributed by atoms with E-state index in [-0.39, 0.29) is 12.2 Å². The average molecular weight is 349 g/mol. The first kappa shape index (κ1) is 18.6. The molecule has 1 atom stereocenters. The van der Waals surface area contributed by atoms with Gasteiger partial charge >= 0.3 is 12.1 Å². The maximum atomic E-state index is 12.7. The van der Waals surface area contributed by atoms with Crippen molar-refractivity contribution < 1.29 is 22.7 Å². The van der Waals surface area contributed by atoms with Crippen LogP contribution in [0, 0.1) is 0 Å². The number of ether oxygens (including phenoxy) is 1. The maximum absolute atomic E-state index is 12.7. The van der Waals surface area contributed by atoms with E-state index in [1.54, 1.807) is 31.2 Å². The van der Waals surface area contributed by atoms with Gasteiger partial charge in [-0.05, 0) is 36.8 Å². The van der Waals surface area contributed by atoms with Crippen LogP contribution in [0.15, 0.2) is 66.7 Å². The van der Waals surface area contributed by atoms with Crippen molar-refractivity contribution in [3.05, 3.63) is 77.9 Å². The molecule has 6 heteroatoms. The lowest BCUT2D eigenvalue weighted by atomic mass is 9.98. The van der Waals surface area contributed by atoms with Crippen LogP contribution in [-0.2, 0) is 15.7 Å². The number of hydrogen-bond acceptors (Lipinski definition) is 3. The fourth-order valence-electron chi connectivity index (χ4n) is 2.28. The molecule has 0 saturated carbocycles. The number of alkyl halides is 3. The van der Waals surface area contributed by atoms with E-state index in [0.29, 0.717) is 11.3 Å². The van der Waals surface area contributed by atoms with E-state index in [9.17, 15) is 18.0 Å². The van der Waals surface area contributed by atoms with Gasteiger partial charge in [0, 0.05) is 5.69 Å². The Kier molecular flexibility index (Phi) is 5.85. The molecule has 2 aromatic carbocycles. The summed E-state index contributed by atoms with van der Waals surface area (Å²) in [4.78, 5) is 12.0. The summed E-state index contributed by atoms with van der Waals surface area (Å²) in [5.74, 6) is -0.601. The Morgan fingerprint density at radius 1 is 1.12 bits per heavy atom. The van der Waals surface area contributed by atoms with E-state index in [4.69, 9.17) is 4.74 Å². The van der Waals surface area contributed by atoms with Gasteiger partial charge in [0.2, 0.25) is 0 Å². The van der Waals surface area contributed by atoms with Crippen molar-refractivity contribution in [2.24, 2.45) is 0 Å². The highest BCUT2D eigenvalue weighted by molar-refractivity contribution is 5.90. The molecule has 3 nitrogen and oxygen atoms in total. The Balaban J connectivity index is 2.33. The van der Waals surface area contributed by atoms with Crippen LogP contribution in [-0.4, -0.2) is 12.6 Å². The molecule has 1 N–H and O–H groups in total. The van der Waals surface area contributed by atoms with Crippen LogP contribution in [0.3, 0.4) is 0 Å². The van der Waals surface area contributed by atoms with Crippen molar-refractivity contribution in [3.8, 4) is 0 Å². The highest BCUT2D eigenvalue weighted by Crippen LogP contribution is 2.32. The summed E-state index contributed by atoms with van der Waals surface area (Å²) in [7, 11) is 0. The van der Waals surface area contributed by atoms with E-state index in [0.717, 1.165) is 12.1 Å². The monoisotopic (exact) mass is 349 g/mol. The number of benzene rings is 2. The van der Waals surface area contributed by atoms with Crippen molar-refractivity contribution in [1.29, 1.82) is 0 Å². The van der Waals surface area contributed by atoms with Crippen molar-refractivity contribution in [3.63, 3.8) is 0 Å². The highest BCUT2D eigenvalue weighted by atomic mass is 19.4. The van der Waals surface area contributed by atoms with Crippen molar-refractivity contribution in [1.82, 2.24) is 0 Å². The standard InChI is InChI=1S/C19H18F3NO2/c1-3-25-18(24)13(2)17(23-16-7-5-4-6-8-16)14-9-11-15(12-10-14)19(20,21)22/h4-12,17,23H,2-3H2,1H3/t17-/m0/s1. The van der Waals surface area contributed by atoms with Crippen LogP contribution >= 0.6 is 0 Å². The molecule has 0 aliphatic carbocycles. The Morgan fingerprint density at radius 2 is 1.72 bits per heavy atom. The maximum Gasteiger partial charge on any atom is 0.416 e. The second-order valence-corrected chi connectivity index (χ2v) is 5.31. The first-order valence-electron chi connectivity index (χ1n) is 7.67. The van der Waals surface area contributed by atoms with E-state index in [1.165, 1.54) is 12.1 Å². The number of carbonyl (C=O) groups is 1. The predicted molar refractivity (Wildman–Crippen MR) is 90.0 cm³/mol. The summed E-state index contributed by atoms with van der Waals surface area (Å²) in [5.41, 5.74) is 0.551. The van der Waals surface area contributed by atoms with Gasteiger partial charge in [-0.15, -0.1) is 0 Å². The lowest BCUT2D eigenvalue weighted by molar-refractivity contribution is -0.139. The molecule has 2 aromatic rings.